The van der Waals surface area contributed by atoms with Crippen molar-refractivity contribution in [3.8, 4) is 0 Å². The van der Waals surface area contributed by atoms with Gasteiger partial charge >= 0.3 is 0 Å². The summed E-state index contributed by atoms with van der Waals surface area (Å²) in [6, 6.07) is 8.83. The molecule has 0 spiro atoms. The van der Waals surface area contributed by atoms with Gasteiger partial charge in [-0.15, -0.1) is 0 Å². The summed E-state index contributed by atoms with van der Waals surface area (Å²) in [6.07, 6.45) is 2.74. The second-order valence-corrected chi connectivity index (χ2v) is 5.16. The zero-order valence-corrected chi connectivity index (χ0v) is 10.9. The largest absolute Gasteiger partial charge is 0.384 e. The Labute approximate surface area is 104 Å². The molecular weight excluding hydrogens is 210 g/mol. The molecule has 0 amide bonds. The van der Waals surface area contributed by atoms with E-state index in [2.05, 4.69) is 36.5 Å². The van der Waals surface area contributed by atoms with Crippen LogP contribution in [0.1, 0.15) is 36.8 Å². The highest BCUT2D eigenvalue weighted by atomic mass is 16.5. The third kappa shape index (κ3) is 3.83. The summed E-state index contributed by atoms with van der Waals surface area (Å²) in [5.74, 6) is 1.41. The van der Waals surface area contributed by atoms with Crippen LogP contribution in [-0.2, 0) is 11.3 Å². The molecule has 0 aliphatic heterocycles. The second kappa shape index (κ2) is 6.18. The summed E-state index contributed by atoms with van der Waals surface area (Å²) >= 11 is 0. The van der Waals surface area contributed by atoms with Gasteiger partial charge in [0.1, 0.15) is 0 Å². The molecular formula is C15H23NO. The molecule has 1 aliphatic rings. The van der Waals surface area contributed by atoms with Crippen molar-refractivity contribution in [3.05, 3.63) is 35.4 Å². The third-order valence-corrected chi connectivity index (χ3v) is 3.33. The Kier molecular flexibility index (Phi) is 4.57. The predicted octanol–water partition coefficient (Wildman–Crippen LogP) is 2.94. The van der Waals surface area contributed by atoms with Gasteiger partial charge in [0.2, 0.25) is 0 Å². The average Bonchev–Trinajstić information content (AvgIpc) is 3.14. The van der Waals surface area contributed by atoms with E-state index in [1.165, 1.54) is 18.4 Å². The maximum atomic E-state index is 5.14. The summed E-state index contributed by atoms with van der Waals surface area (Å²) in [7, 11) is 1.76. The average molecular weight is 233 g/mol. The SMILES string of the molecule is COCC(C)CNCc1ccccc1C1CC1. The van der Waals surface area contributed by atoms with Crippen molar-refractivity contribution in [2.75, 3.05) is 20.3 Å². The van der Waals surface area contributed by atoms with E-state index >= 15 is 0 Å². The van der Waals surface area contributed by atoms with E-state index in [0.29, 0.717) is 5.92 Å². The summed E-state index contributed by atoms with van der Waals surface area (Å²) in [6.45, 7) is 5.05. The first kappa shape index (κ1) is 12.6. The Morgan fingerprint density at radius 2 is 2.12 bits per heavy atom. The summed E-state index contributed by atoms with van der Waals surface area (Å²) < 4.78 is 5.14. The molecule has 0 aromatic heterocycles. The molecule has 2 rings (SSSR count). The lowest BCUT2D eigenvalue weighted by atomic mass is 10.0. The van der Waals surface area contributed by atoms with E-state index in [9.17, 15) is 0 Å². The van der Waals surface area contributed by atoms with E-state index in [4.69, 9.17) is 4.74 Å². The number of rotatable bonds is 7. The fourth-order valence-corrected chi connectivity index (χ4v) is 2.28. The van der Waals surface area contributed by atoms with Crippen LogP contribution in [0.3, 0.4) is 0 Å². The van der Waals surface area contributed by atoms with Gasteiger partial charge in [0.25, 0.3) is 0 Å². The molecule has 1 atom stereocenters. The minimum Gasteiger partial charge on any atom is -0.384 e. The Bertz CT molecular complexity index is 347. The van der Waals surface area contributed by atoms with Crippen molar-refractivity contribution in [2.45, 2.75) is 32.2 Å². The summed E-state index contributed by atoms with van der Waals surface area (Å²) in [4.78, 5) is 0. The van der Waals surface area contributed by atoms with E-state index in [-0.39, 0.29) is 0 Å². The topological polar surface area (TPSA) is 21.3 Å². The number of ether oxygens (including phenoxy) is 1. The van der Waals surface area contributed by atoms with Crippen molar-refractivity contribution < 1.29 is 4.74 Å². The lowest BCUT2D eigenvalue weighted by Gasteiger charge is -2.13. The van der Waals surface area contributed by atoms with Crippen LogP contribution in [0.4, 0.5) is 0 Å². The zero-order chi connectivity index (χ0) is 12.1. The lowest BCUT2D eigenvalue weighted by Crippen LogP contribution is -2.23. The van der Waals surface area contributed by atoms with Gasteiger partial charge in [-0.3, -0.25) is 0 Å². The van der Waals surface area contributed by atoms with Crippen LogP contribution >= 0.6 is 0 Å². The molecule has 2 nitrogen and oxygen atoms in total. The molecule has 1 aromatic rings. The predicted molar refractivity (Wildman–Crippen MR) is 71.2 cm³/mol. The normalized spacial score (nSPS) is 17.1. The van der Waals surface area contributed by atoms with Crippen LogP contribution in [-0.4, -0.2) is 20.3 Å². The van der Waals surface area contributed by atoms with Crippen molar-refractivity contribution >= 4 is 0 Å². The smallest absolute Gasteiger partial charge is 0.0499 e. The van der Waals surface area contributed by atoms with Gasteiger partial charge in [-0.2, -0.15) is 0 Å². The van der Waals surface area contributed by atoms with Gasteiger partial charge < -0.3 is 10.1 Å². The van der Waals surface area contributed by atoms with Crippen LogP contribution in [0.5, 0.6) is 0 Å². The third-order valence-electron chi connectivity index (χ3n) is 3.33. The number of hydrogen-bond acceptors (Lipinski definition) is 2. The van der Waals surface area contributed by atoms with E-state index in [0.717, 1.165) is 25.6 Å². The van der Waals surface area contributed by atoms with Crippen LogP contribution in [0, 0.1) is 5.92 Å². The van der Waals surface area contributed by atoms with Crippen LogP contribution < -0.4 is 5.32 Å². The van der Waals surface area contributed by atoms with Gasteiger partial charge in [0.15, 0.2) is 0 Å². The molecule has 2 heteroatoms. The Balaban J connectivity index is 1.82. The number of hydrogen-bond donors (Lipinski definition) is 1. The highest BCUT2D eigenvalue weighted by Gasteiger charge is 2.25. The van der Waals surface area contributed by atoms with Gasteiger partial charge in [-0.25, -0.2) is 0 Å². The number of nitrogens with one attached hydrogen (secondary N) is 1. The quantitative estimate of drug-likeness (QED) is 0.782. The zero-order valence-electron chi connectivity index (χ0n) is 10.9. The van der Waals surface area contributed by atoms with Crippen molar-refractivity contribution in [1.82, 2.24) is 5.32 Å². The van der Waals surface area contributed by atoms with Crippen LogP contribution in [0.25, 0.3) is 0 Å². The fraction of sp³-hybridized carbons (Fsp3) is 0.600. The molecule has 1 aliphatic carbocycles. The van der Waals surface area contributed by atoms with Crippen LogP contribution in [0.2, 0.25) is 0 Å². The van der Waals surface area contributed by atoms with Crippen LogP contribution in [0.15, 0.2) is 24.3 Å². The molecule has 0 bridgehead atoms. The molecule has 1 aromatic carbocycles. The van der Waals surface area contributed by atoms with E-state index in [1.54, 1.807) is 12.7 Å². The van der Waals surface area contributed by atoms with Crippen molar-refractivity contribution in [2.24, 2.45) is 5.92 Å². The Morgan fingerprint density at radius 3 is 2.82 bits per heavy atom. The molecule has 1 unspecified atom stereocenters. The number of benzene rings is 1. The first-order valence-electron chi connectivity index (χ1n) is 6.58. The summed E-state index contributed by atoms with van der Waals surface area (Å²) in [5, 5.41) is 3.53. The van der Waals surface area contributed by atoms with Gasteiger partial charge in [0.05, 0.1) is 0 Å². The molecule has 94 valence electrons. The molecule has 0 heterocycles. The molecule has 1 fully saturated rings. The Hall–Kier alpha value is -0.860. The lowest BCUT2D eigenvalue weighted by molar-refractivity contribution is 0.158. The monoisotopic (exact) mass is 233 g/mol. The highest BCUT2D eigenvalue weighted by molar-refractivity contribution is 5.33. The van der Waals surface area contributed by atoms with Gasteiger partial charge in [-0.05, 0) is 35.8 Å². The molecule has 0 saturated heterocycles. The summed E-state index contributed by atoms with van der Waals surface area (Å²) in [5.41, 5.74) is 3.03. The Morgan fingerprint density at radius 1 is 1.35 bits per heavy atom. The standard InChI is InChI=1S/C15H23NO/c1-12(11-17-2)9-16-10-14-5-3-4-6-15(14)13-7-8-13/h3-6,12-13,16H,7-11H2,1-2H3. The van der Waals surface area contributed by atoms with E-state index in [1.807, 2.05) is 0 Å². The van der Waals surface area contributed by atoms with Crippen molar-refractivity contribution in [3.63, 3.8) is 0 Å². The van der Waals surface area contributed by atoms with Gasteiger partial charge in [0, 0.05) is 26.8 Å². The highest BCUT2D eigenvalue weighted by Crippen LogP contribution is 2.41. The molecule has 1 N–H and O–H groups in total. The fourth-order valence-electron chi connectivity index (χ4n) is 2.28. The molecule has 17 heavy (non-hydrogen) atoms. The second-order valence-electron chi connectivity index (χ2n) is 5.16. The van der Waals surface area contributed by atoms with E-state index < -0.39 is 0 Å². The maximum absolute atomic E-state index is 5.14. The number of methoxy groups -OCH3 is 1. The van der Waals surface area contributed by atoms with Gasteiger partial charge in [-0.1, -0.05) is 31.2 Å². The molecule has 0 radical (unpaired) electrons. The maximum Gasteiger partial charge on any atom is 0.0499 e. The first-order valence-corrected chi connectivity index (χ1v) is 6.58. The van der Waals surface area contributed by atoms with Crippen molar-refractivity contribution in [1.29, 1.82) is 0 Å². The first-order chi connectivity index (χ1) is 8.31. The minimum absolute atomic E-state index is 0.577. The molecule has 1 saturated carbocycles. The minimum atomic E-state index is 0.577.